The van der Waals surface area contributed by atoms with E-state index < -0.39 is 18.3 Å². The summed E-state index contributed by atoms with van der Waals surface area (Å²) in [6.07, 6.45) is 0. The first-order chi connectivity index (χ1) is 17.1. The number of nitrogens with zero attached hydrogens (tertiary/aromatic N) is 3. The summed E-state index contributed by atoms with van der Waals surface area (Å²) in [7, 11) is 0. The van der Waals surface area contributed by atoms with Gasteiger partial charge in [0.2, 0.25) is 5.95 Å². The lowest BCUT2D eigenvalue weighted by atomic mass is 10.1. The van der Waals surface area contributed by atoms with E-state index in [1.165, 1.54) is 40.3 Å². The third-order valence-corrected chi connectivity index (χ3v) is 5.84. The van der Waals surface area contributed by atoms with Crippen molar-refractivity contribution in [2.45, 2.75) is 0 Å². The van der Waals surface area contributed by atoms with E-state index in [1.807, 2.05) is 47.8 Å². The quantitative estimate of drug-likeness (QED) is 0.352. The molecule has 2 aromatic carbocycles. The molecular formula is C25H18FN5O3S. The summed E-state index contributed by atoms with van der Waals surface area (Å²) in [5.74, 6) is -0.733. The van der Waals surface area contributed by atoms with Crippen molar-refractivity contribution in [3.05, 3.63) is 100 Å². The number of H-pyrrole nitrogens is 1. The van der Waals surface area contributed by atoms with Crippen molar-refractivity contribution >= 4 is 23.1 Å². The highest BCUT2D eigenvalue weighted by molar-refractivity contribution is 7.13. The number of thiophene rings is 1. The van der Waals surface area contributed by atoms with Crippen molar-refractivity contribution in [2.75, 3.05) is 11.9 Å². The van der Waals surface area contributed by atoms with E-state index >= 15 is 0 Å². The molecule has 35 heavy (non-hydrogen) atoms. The van der Waals surface area contributed by atoms with Gasteiger partial charge < -0.3 is 10.1 Å². The van der Waals surface area contributed by atoms with Gasteiger partial charge in [0.25, 0.3) is 11.5 Å². The molecule has 8 nitrogen and oxygen atoms in total. The van der Waals surface area contributed by atoms with Crippen LogP contribution in [0.25, 0.3) is 27.8 Å². The molecular weight excluding hydrogens is 469 g/mol. The normalized spacial score (nSPS) is 10.8. The van der Waals surface area contributed by atoms with Gasteiger partial charge in [0, 0.05) is 17.7 Å². The summed E-state index contributed by atoms with van der Waals surface area (Å²) in [4.78, 5) is 33.2. The average Bonchev–Trinajstić information content (AvgIpc) is 3.54. The number of rotatable bonds is 7. The molecule has 0 unspecified atom stereocenters. The maximum Gasteiger partial charge on any atom is 0.263 e. The zero-order valence-corrected chi connectivity index (χ0v) is 19.0. The molecule has 0 atom stereocenters. The van der Waals surface area contributed by atoms with Crippen LogP contribution in [0.5, 0.6) is 5.75 Å². The number of para-hydroxylation sites is 1. The predicted molar refractivity (Wildman–Crippen MR) is 131 cm³/mol. The smallest absolute Gasteiger partial charge is 0.263 e. The van der Waals surface area contributed by atoms with Gasteiger partial charge in [0.05, 0.1) is 10.6 Å². The van der Waals surface area contributed by atoms with E-state index in [2.05, 4.69) is 20.4 Å². The monoisotopic (exact) mass is 487 g/mol. The van der Waals surface area contributed by atoms with Crippen LogP contribution in [0.15, 0.2) is 89.0 Å². The van der Waals surface area contributed by atoms with E-state index in [-0.39, 0.29) is 23.1 Å². The number of benzene rings is 2. The number of hydrogen-bond donors (Lipinski definition) is 2. The number of ether oxygens (including phenoxy) is 1. The molecule has 2 N–H and O–H groups in total. The van der Waals surface area contributed by atoms with E-state index in [1.54, 1.807) is 12.1 Å². The van der Waals surface area contributed by atoms with E-state index in [9.17, 15) is 14.0 Å². The van der Waals surface area contributed by atoms with Gasteiger partial charge in [0.1, 0.15) is 11.5 Å². The number of carbonyl (C=O) groups excluding carboxylic acids is 1. The van der Waals surface area contributed by atoms with Crippen molar-refractivity contribution in [3.63, 3.8) is 0 Å². The Morgan fingerprint density at radius 1 is 1.03 bits per heavy atom. The maximum absolute atomic E-state index is 13.8. The van der Waals surface area contributed by atoms with Gasteiger partial charge in [-0.25, -0.2) is 9.37 Å². The first-order valence-corrected chi connectivity index (χ1v) is 11.4. The summed E-state index contributed by atoms with van der Waals surface area (Å²) in [5.41, 5.74) is 1.42. The standard InChI is InChI=1S/C25H18FN5O3S/c26-17-9-4-5-10-20(17)34-15-24(33)28-22-13-19(21-11-6-12-35-21)30-31(22)25-27-18(14-23(32)29-25)16-7-2-1-3-8-16/h1-14H,15H2,(H,28,33)(H,27,29,32). The maximum atomic E-state index is 13.8. The van der Waals surface area contributed by atoms with Gasteiger partial charge in [-0.1, -0.05) is 48.5 Å². The van der Waals surface area contributed by atoms with Gasteiger partial charge in [0.15, 0.2) is 18.2 Å². The summed E-state index contributed by atoms with van der Waals surface area (Å²) in [6.45, 7) is -0.422. The molecule has 174 valence electrons. The Morgan fingerprint density at radius 3 is 2.60 bits per heavy atom. The third-order valence-electron chi connectivity index (χ3n) is 4.95. The number of amides is 1. The second kappa shape index (κ2) is 9.74. The Morgan fingerprint density at radius 2 is 1.83 bits per heavy atom. The minimum atomic E-state index is -0.565. The van der Waals surface area contributed by atoms with Crippen LogP contribution >= 0.6 is 11.3 Å². The lowest BCUT2D eigenvalue weighted by molar-refractivity contribution is -0.118. The Kier molecular flexibility index (Phi) is 6.18. The van der Waals surface area contributed by atoms with Crippen LogP contribution in [0, 0.1) is 5.82 Å². The molecule has 0 radical (unpaired) electrons. The molecule has 0 aliphatic carbocycles. The minimum Gasteiger partial charge on any atom is -0.481 e. The molecule has 3 aromatic heterocycles. The molecule has 1 amide bonds. The number of aromatic nitrogens is 4. The van der Waals surface area contributed by atoms with E-state index in [0.717, 1.165) is 10.4 Å². The highest BCUT2D eigenvalue weighted by atomic mass is 32.1. The minimum absolute atomic E-state index is 0.0306. The Hall–Kier alpha value is -4.57. The fraction of sp³-hybridized carbons (Fsp3) is 0.0400. The van der Waals surface area contributed by atoms with Crippen LogP contribution < -0.4 is 15.6 Å². The van der Waals surface area contributed by atoms with Crippen LogP contribution in [0.4, 0.5) is 10.2 Å². The first-order valence-electron chi connectivity index (χ1n) is 10.5. The zero-order chi connectivity index (χ0) is 24.2. The van der Waals surface area contributed by atoms with Crippen LogP contribution in [0.1, 0.15) is 0 Å². The fourth-order valence-corrected chi connectivity index (χ4v) is 4.04. The highest BCUT2D eigenvalue weighted by Crippen LogP contribution is 2.28. The number of aromatic amines is 1. The topological polar surface area (TPSA) is 102 Å². The highest BCUT2D eigenvalue weighted by Gasteiger charge is 2.17. The van der Waals surface area contributed by atoms with Crippen LogP contribution in [-0.2, 0) is 4.79 Å². The van der Waals surface area contributed by atoms with Gasteiger partial charge in [-0.2, -0.15) is 9.78 Å². The van der Waals surface area contributed by atoms with Crippen LogP contribution in [-0.4, -0.2) is 32.3 Å². The molecule has 0 aliphatic heterocycles. The van der Waals surface area contributed by atoms with Crippen molar-refractivity contribution < 1.29 is 13.9 Å². The Bertz CT molecular complexity index is 1530. The fourth-order valence-electron chi connectivity index (χ4n) is 3.36. The van der Waals surface area contributed by atoms with Crippen LogP contribution in [0.3, 0.4) is 0 Å². The summed E-state index contributed by atoms with van der Waals surface area (Å²) in [5, 5.41) is 9.19. The molecule has 3 heterocycles. The molecule has 0 spiro atoms. The van der Waals surface area contributed by atoms with Crippen molar-refractivity contribution in [3.8, 4) is 33.5 Å². The molecule has 0 aliphatic rings. The zero-order valence-electron chi connectivity index (χ0n) is 18.1. The van der Waals surface area contributed by atoms with Gasteiger partial charge >= 0.3 is 0 Å². The molecule has 0 fully saturated rings. The van der Waals surface area contributed by atoms with Gasteiger partial charge in [-0.05, 0) is 23.6 Å². The van der Waals surface area contributed by atoms with Crippen molar-refractivity contribution in [1.29, 1.82) is 0 Å². The summed E-state index contributed by atoms with van der Waals surface area (Å²) >= 11 is 1.48. The van der Waals surface area contributed by atoms with E-state index in [4.69, 9.17) is 4.74 Å². The summed E-state index contributed by atoms with van der Waals surface area (Å²) < 4.78 is 20.5. The third kappa shape index (κ3) is 5.02. The average molecular weight is 488 g/mol. The molecule has 0 saturated heterocycles. The first kappa shape index (κ1) is 22.2. The molecule has 0 bridgehead atoms. The molecule has 5 aromatic rings. The SMILES string of the molecule is O=C(COc1ccccc1F)Nc1cc(-c2cccs2)nn1-c1nc(-c2ccccc2)cc(=O)[nH]1. The molecule has 10 heteroatoms. The lowest BCUT2D eigenvalue weighted by Crippen LogP contribution is -2.23. The number of nitrogens with one attached hydrogen (secondary N) is 2. The van der Waals surface area contributed by atoms with Gasteiger partial charge in [-0.15, -0.1) is 11.3 Å². The number of halogens is 1. The molecule has 5 rings (SSSR count). The second-order valence-corrected chi connectivity index (χ2v) is 8.34. The van der Waals surface area contributed by atoms with Crippen molar-refractivity contribution in [2.24, 2.45) is 0 Å². The molecule has 0 saturated carbocycles. The summed E-state index contributed by atoms with van der Waals surface area (Å²) in [6, 6.07) is 21.9. The van der Waals surface area contributed by atoms with Gasteiger partial charge in [-0.3, -0.25) is 14.6 Å². The largest absolute Gasteiger partial charge is 0.481 e. The van der Waals surface area contributed by atoms with Crippen LogP contribution in [0.2, 0.25) is 0 Å². The second-order valence-electron chi connectivity index (χ2n) is 7.39. The Balaban J connectivity index is 1.48. The van der Waals surface area contributed by atoms with Crippen molar-refractivity contribution in [1.82, 2.24) is 19.7 Å². The van der Waals surface area contributed by atoms with E-state index in [0.29, 0.717) is 11.4 Å². The number of anilines is 1. The lowest BCUT2D eigenvalue weighted by Gasteiger charge is -2.10. The number of hydrogen-bond acceptors (Lipinski definition) is 6. The predicted octanol–water partition coefficient (Wildman–Crippen LogP) is 4.51. The number of carbonyl (C=O) groups is 1. The Labute approximate surface area is 202 Å².